The molecule has 0 saturated carbocycles. The van der Waals surface area contributed by atoms with Gasteiger partial charge < -0.3 is 10.1 Å². The monoisotopic (exact) mass is 492 g/mol. The molecule has 0 aromatic heterocycles. The van der Waals surface area contributed by atoms with Gasteiger partial charge in [-0.15, -0.1) is 11.8 Å². The molecule has 3 rings (SSSR count). The molecule has 0 saturated heterocycles. The van der Waals surface area contributed by atoms with Gasteiger partial charge in [-0.2, -0.15) is 5.10 Å². The molecule has 3 aromatic carbocycles. The van der Waals surface area contributed by atoms with Crippen LogP contribution in [0.15, 0.2) is 77.9 Å². The molecule has 180 valence electrons. The van der Waals surface area contributed by atoms with E-state index in [-0.39, 0.29) is 29.9 Å². The van der Waals surface area contributed by atoms with Gasteiger partial charge in [-0.25, -0.2) is 5.43 Å². The van der Waals surface area contributed by atoms with E-state index in [2.05, 4.69) is 15.8 Å². The maximum Gasteiger partial charge on any atom is 0.269 e. The minimum absolute atomic E-state index is 0.0361. The number of anilines is 1. The minimum atomic E-state index is -0.449. The van der Waals surface area contributed by atoms with Crippen LogP contribution in [0.3, 0.4) is 0 Å². The lowest BCUT2D eigenvalue weighted by molar-refractivity contribution is -0.384. The van der Waals surface area contributed by atoms with E-state index in [1.165, 1.54) is 30.1 Å². The zero-order valence-electron chi connectivity index (χ0n) is 19.0. The van der Waals surface area contributed by atoms with E-state index in [4.69, 9.17) is 4.74 Å². The molecule has 0 spiro atoms. The lowest BCUT2D eigenvalue weighted by atomic mass is 10.2. The van der Waals surface area contributed by atoms with Crippen LogP contribution in [0.1, 0.15) is 16.7 Å². The fourth-order valence-electron chi connectivity index (χ4n) is 2.82. The maximum atomic E-state index is 12.0. The van der Waals surface area contributed by atoms with Gasteiger partial charge in [0.15, 0.2) is 6.61 Å². The molecule has 0 radical (unpaired) electrons. The van der Waals surface area contributed by atoms with Crippen LogP contribution < -0.4 is 15.5 Å². The maximum absolute atomic E-state index is 12.0. The lowest BCUT2D eigenvalue weighted by Crippen LogP contribution is -2.20. The van der Waals surface area contributed by atoms with Gasteiger partial charge in [-0.05, 0) is 54.4 Å². The average molecular weight is 493 g/mol. The first-order valence-electron chi connectivity index (χ1n) is 10.6. The molecule has 0 atom stereocenters. The van der Waals surface area contributed by atoms with Crippen molar-refractivity contribution in [1.82, 2.24) is 5.43 Å². The molecule has 2 amide bonds. The number of hydrogen-bond donors (Lipinski definition) is 2. The van der Waals surface area contributed by atoms with Gasteiger partial charge in [0.05, 0.1) is 16.9 Å². The number of hydrogen-bond acceptors (Lipinski definition) is 7. The average Bonchev–Trinajstić information content (AvgIpc) is 2.85. The number of nitrogens with one attached hydrogen (secondary N) is 2. The van der Waals surface area contributed by atoms with Crippen LogP contribution in [0.2, 0.25) is 0 Å². The molecule has 0 aliphatic heterocycles. The summed E-state index contributed by atoms with van der Waals surface area (Å²) in [5.74, 6) is 0.778. The van der Waals surface area contributed by atoms with Crippen LogP contribution in [0, 0.1) is 17.0 Å². The summed E-state index contributed by atoms with van der Waals surface area (Å²) in [7, 11) is 0. The molecule has 0 aliphatic rings. The Bertz CT molecular complexity index is 1180. The number of ether oxygens (including phenoxy) is 1. The van der Waals surface area contributed by atoms with E-state index >= 15 is 0 Å². The lowest BCUT2D eigenvalue weighted by Gasteiger charge is -2.08. The third-order valence-electron chi connectivity index (χ3n) is 4.64. The number of nitro groups is 1. The van der Waals surface area contributed by atoms with E-state index in [0.29, 0.717) is 17.2 Å². The normalized spacial score (nSPS) is 10.7. The van der Waals surface area contributed by atoms with Crippen LogP contribution in [0.4, 0.5) is 11.4 Å². The number of nitro benzene ring substituents is 1. The predicted octanol–water partition coefficient (Wildman–Crippen LogP) is 4.30. The van der Waals surface area contributed by atoms with E-state index in [9.17, 15) is 19.7 Å². The first kappa shape index (κ1) is 25.4. The molecule has 3 aromatic rings. The topological polar surface area (TPSA) is 123 Å². The summed E-state index contributed by atoms with van der Waals surface area (Å²) in [4.78, 5) is 34.2. The van der Waals surface area contributed by atoms with Crippen molar-refractivity contribution in [1.29, 1.82) is 0 Å². The molecule has 10 heteroatoms. The Morgan fingerprint density at radius 1 is 1.00 bits per heavy atom. The zero-order valence-corrected chi connectivity index (χ0v) is 19.8. The number of non-ortho nitro benzene ring substituents is 1. The second-order valence-corrected chi connectivity index (χ2v) is 8.47. The van der Waals surface area contributed by atoms with Gasteiger partial charge in [-0.1, -0.05) is 29.8 Å². The molecule has 0 fully saturated rings. The van der Waals surface area contributed by atoms with Crippen LogP contribution in [-0.4, -0.2) is 35.3 Å². The van der Waals surface area contributed by atoms with Crippen molar-refractivity contribution in [3.05, 3.63) is 99.6 Å². The second-order valence-electron chi connectivity index (χ2n) is 7.48. The van der Waals surface area contributed by atoms with Gasteiger partial charge in [0.1, 0.15) is 5.75 Å². The number of aryl methyl sites for hydroxylation is 1. The summed E-state index contributed by atoms with van der Waals surface area (Å²) >= 11 is 1.38. The summed E-state index contributed by atoms with van der Waals surface area (Å²) in [6, 6.07) is 20.7. The first-order chi connectivity index (χ1) is 16.9. The molecular weight excluding hydrogens is 468 g/mol. The van der Waals surface area contributed by atoms with Gasteiger partial charge >= 0.3 is 0 Å². The number of thioether (sulfide) groups is 1. The Morgan fingerprint density at radius 3 is 2.34 bits per heavy atom. The third-order valence-corrected chi connectivity index (χ3v) is 5.64. The molecule has 2 N–H and O–H groups in total. The van der Waals surface area contributed by atoms with Gasteiger partial charge in [0, 0.05) is 23.6 Å². The van der Waals surface area contributed by atoms with Crippen LogP contribution in [-0.2, 0) is 15.3 Å². The van der Waals surface area contributed by atoms with Crippen molar-refractivity contribution in [2.45, 2.75) is 12.7 Å². The van der Waals surface area contributed by atoms with Crippen molar-refractivity contribution < 1.29 is 19.2 Å². The van der Waals surface area contributed by atoms with Gasteiger partial charge in [0.25, 0.3) is 11.6 Å². The number of benzene rings is 3. The van der Waals surface area contributed by atoms with E-state index in [1.54, 1.807) is 36.4 Å². The van der Waals surface area contributed by atoms with E-state index < -0.39 is 4.92 Å². The molecule has 9 nitrogen and oxygen atoms in total. The zero-order chi connectivity index (χ0) is 25.0. The number of hydrazone groups is 1. The number of carbonyl (C=O) groups is 2. The summed E-state index contributed by atoms with van der Waals surface area (Å²) in [6.07, 6.45) is 1.51. The highest BCUT2D eigenvalue weighted by Crippen LogP contribution is 2.17. The van der Waals surface area contributed by atoms with Gasteiger partial charge in [0.2, 0.25) is 5.91 Å². The molecule has 0 unspecified atom stereocenters. The van der Waals surface area contributed by atoms with Crippen molar-refractivity contribution in [3.63, 3.8) is 0 Å². The highest BCUT2D eigenvalue weighted by atomic mass is 32.2. The number of rotatable bonds is 11. The van der Waals surface area contributed by atoms with Crippen LogP contribution >= 0.6 is 11.8 Å². The van der Waals surface area contributed by atoms with Crippen molar-refractivity contribution in [3.8, 4) is 5.75 Å². The minimum Gasteiger partial charge on any atom is -0.484 e. The molecule has 0 heterocycles. The molecule has 0 aliphatic carbocycles. The van der Waals surface area contributed by atoms with Crippen molar-refractivity contribution in [2.75, 3.05) is 17.7 Å². The van der Waals surface area contributed by atoms with Crippen molar-refractivity contribution >= 4 is 41.2 Å². The Balaban J connectivity index is 1.34. The molecular formula is C25H24N4O5S. The molecule has 35 heavy (non-hydrogen) atoms. The second kappa shape index (κ2) is 12.9. The Hall–Kier alpha value is -4.18. The highest BCUT2D eigenvalue weighted by Gasteiger charge is 2.06. The number of carbonyl (C=O) groups excluding carboxylic acids is 2. The Labute approximate surface area is 206 Å². The van der Waals surface area contributed by atoms with E-state index in [1.807, 2.05) is 31.2 Å². The first-order valence-corrected chi connectivity index (χ1v) is 11.8. The Kier molecular flexibility index (Phi) is 9.38. The third kappa shape index (κ3) is 8.94. The Morgan fingerprint density at radius 2 is 1.69 bits per heavy atom. The SMILES string of the molecule is Cc1ccc(NC(=O)COc2ccc(/C=N\NC(=O)CSCc3ccc([N+](=O)[O-])cc3)cc2)cc1. The summed E-state index contributed by atoms with van der Waals surface area (Å²) < 4.78 is 5.50. The summed E-state index contributed by atoms with van der Waals surface area (Å²) in [5.41, 5.74) is 5.96. The van der Waals surface area contributed by atoms with E-state index in [0.717, 1.165) is 16.7 Å². The van der Waals surface area contributed by atoms with Crippen molar-refractivity contribution in [2.24, 2.45) is 5.10 Å². The number of amides is 2. The van der Waals surface area contributed by atoms with Crippen LogP contribution in [0.25, 0.3) is 0 Å². The highest BCUT2D eigenvalue weighted by molar-refractivity contribution is 7.99. The predicted molar refractivity (Wildman–Crippen MR) is 137 cm³/mol. The smallest absolute Gasteiger partial charge is 0.269 e. The fourth-order valence-corrected chi connectivity index (χ4v) is 3.60. The quantitative estimate of drug-likeness (QED) is 0.234. The molecule has 0 bridgehead atoms. The summed E-state index contributed by atoms with van der Waals surface area (Å²) in [5, 5.41) is 17.4. The number of nitrogens with zero attached hydrogens (tertiary/aromatic N) is 2. The standard InChI is InChI=1S/C25H24N4O5S/c1-18-2-8-21(9-3-18)27-24(30)15-34-23-12-6-19(7-13-23)14-26-28-25(31)17-35-16-20-4-10-22(11-5-20)29(32)33/h2-14H,15-17H2,1H3,(H,27,30)(H,28,31)/b26-14-. The summed E-state index contributed by atoms with van der Waals surface area (Å²) in [6.45, 7) is 1.86. The van der Waals surface area contributed by atoms with Gasteiger partial charge in [-0.3, -0.25) is 19.7 Å². The largest absolute Gasteiger partial charge is 0.484 e. The fraction of sp³-hybridized carbons (Fsp3) is 0.160. The van der Waals surface area contributed by atoms with Crippen LogP contribution in [0.5, 0.6) is 5.75 Å².